The Kier molecular flexibility index (Phi) is 5.17. The fourth-order valence-electron chi connectivity index (χ4n) is 3.02. The zero-order chi connectivity index (χ0) is 21.1. The second-order valence-electron chi connectivity index (χ2n) is 6.29. The monoisotopic (exact) mass is 403 g/mol. The van der Waals surface area contributed by atoms with Crippen LogP contribution in [0, 0.1) is 0 Å². The topological polar surface area (TPSA) is 87.9 Å². The number of aromatic nitrogens is 1. The number of ether oxygens (including phenoxy) is 3. The van der Waals surface area contributed by atoms with Crippen molar-refractivity contribution in [3.8, 4) is 28.6 Å². The van der Waals surface area contributed by atoms with Gasteiger partial charge in [-0.25, -0.2) is 4.79 Å². The molecule has 0 aliphatic rings. The van der Waals surface area contributed by atoms with Gasteiger partial charge in [-0.15, -0.1) is 0 Å². The lowest BCUT2D eigenvalue weighted by Crippen LogP contribution is -2.16. The standard InChI is InChI=1S/C23H17NO6/c1-27-18-10-9-14(12-19(18)28-2)21-22(30-23(26)15-6-5-11-24-13-15)20(25)16-7-3-4-8-17(16)29-21/h3-13H,1-2H3. The van der Waals surface area contributed by atoms with E-state index >= 15 is 0 Å². The summed E-state index contributed by atoms with van der Waals surface area (Å²) in [7, 11) is 3.02. The van der Waals surface area contributed by atoms with Gasteiger partial charge in [-0.2, -0.15) is 0 Å². The molecule has 0 radical (unpaired) electrons. The molecule has 0 atom stereocenters. The fourth-order valence-corrected chi connectivity index (χ4v) is 3.02. The third-order valence-electron chi connectivity index (χ3n) is 4.49. The molecule has 0 aliphatic carbocycles. The molecule has 2 heterocycles. The van der Waals surface area contributed by atoms with Crippen molar-refractivity contribution < 1.29 is 23.4 Å². The van der Waals surface area contributed by atoms with Crippen molar-refractivity contribution in [2.45, 2.75) is 0 Å². The lowest BCUT2D eigenvalue weighted by atomic mass is 10.1. The van der Waals surface area contributed by atoms with Crippen LogP contribution in [-0.2, 0) is 0 Å². The minimum Gasteiger partial charge on any atom is -0.493 e. The van der Waals surface area contributed by atoms with Gasteiger partial charge in [0, 0.05) is 18.0 Å². The van der Waals surface area contributed by atoms with E-state index < -0.39 is 11.4 Å². The molecule has 4 rings (SSSR count). The summed E-state index contributed by atoms with van der Waals surface area (Å²) in [5.74, 6) is 0.132. The van der Waals surface area contributed by atoms with E-state index in [2.05, 4.69) is 4.98 Å². The Morgan fingerprint density at radius 1 is 0.967 bits per heavy atom. The molecule has 0 saturated carbocycles. The summed E-state index contributed by atoms with van der Waals surface area (Å²) in [5.41, 5.74) is 0.611. The summed E-state index contributed by atoms with van der Waals surface area (Å²) in [6, 6.07) is 14.9. The van der Waals surface area contributed by atoms with Gasteiger partial charge < -0.3 is 18.6 Å². The van der Waals surface area contributed by atoms with Crippen molar-refractivity contribution >= 4 is 16.9 Å². The van der Waals surface area contributed by atoms with Crippen LogP contribution in [0.25, 0.3) is 22.3 Å². The molecule has 7 heteroatoms. The Balaban J connectivity index is 1.91. The molecule has 0 unspecified atom stereocenters. The Hall–Kier alpha value is -4.13. The quantitative estimate of drug-likeness (QED) is 0.464. The molecular formula is C23H17NO6. The zero-order valence-corrected chi connectivity index (χ0v) is 16.2. The molecule has 0 saturated heterocycles. The number of esters is 1. The normalized spacial score (nSPS) is 10.6. The maximum Gasteiger partial charge on any atom is 0.345 e. The van der Waals surface area contributed by atoms with E-state index in [9.17, 15) is 9.59 Å². The van der Waals surface area contributed by atoms with Crippen LogP contribution in [0.5, 0.6) is 17.2 Å². The average Bonchev–Trinajstić information content (AvgIpc) is 2.80. The van der Waals surface area contributed by atoms with Gasteiger partial charge in [-0.05, 0) is 42.5 Å². The van der Waals surface area contributed by atoms with E-state index in [-0.39, 0.29) is 17.1 Å². The van der Waals surface area contributed by atoms with E-state index in [0.717, 1.165) is 0 Å². The number of pyridine rings is 1. The van der Waals surface area contributed by atoms with E-state index in [1.165, 1.54) is 26.6 Å². The first-order valence-corrected chi connectivity index (χ1v) is 9.03. The predicted molar refractivity (Wildman–Crippen MR) is 110 cm³/mol. The predicted octanol–water partition coefficient (Wildman–Crippen LogP) is 4.09. The molecule has 30 heavy (non-hydrogen) atoms. The number of fused-ring (bicyclic) bond motifs is 1. The number of carbonyl (C=O) groups excluding carboxylic acids is 1. The molecule has 0 fully saturated rings. The van der Waals surface area contributed by atoms with Crippen molar-refractivity contribution in [1.82, 2.24) is 4.98 Å². The smallest absolute Gasteiger partial charge is 0.345 e. The second kappa shape index (κ2) is 8.08. The molecule has 0 aliphatic heterocycles. The summed E-state index contributed by atoms with van der Waals surface area (Å²) in [4.78, 5) is 29.7. The van der Waals surface area contributed by atoms with Crippen LogP contribution in [0.1, 0.15) is 10.4 Å². The lowest BCUT2D eigenvalue weighted by Gasteiger charge is -2.13. The Morgan fingerprint density at radius 2 is 1.77 bits per heavy atom. The van der Waals surface area contributed by atoms with Crippen LogP contribution in [-0.4, -0.2) is 25.2 Å². The fraction of sp³-hybridized carbons (Fsp3) is 0.0870. The number of hydrogen-bond donors (Lipinski definition) is 0. The van der Waals surface area contributed by atoms with Crippen LogP contribution < -0.4 is 19.6 Å². The highest BCUT2D eigenvalue weighted by Crippen LogP contribution is 2.36. The van der Waals surface area contributed by atoms with Gasteiger partial charge in [0.15, 0.2) is 17.3 Å². The van der Waals surface area contributed by atoms with E-state index in [0.29, 0.717) is 28.0 Å². The Bertz CT molecular complexity index is 1280. The van der Waals surface area contributed by atoms with E-state index in [4.69, 9.17) is 18.6 Å². The largest absolute Gasteiger partial charge is 0.493 e. The number of carbonyl (C=O) groups is 1. The summed E-state index contributed by atoms with van der Waals surface area (Å²) >= 11 is 0. The lowest BCUT2D eigenvalue weighted by molar-refractivity contribution is 0.0731. The van der Waals surface area contributed by atoms with Gasteiger partial charge in [0.2, 0.25) is 11.2 Å². The molecule has 2 aromatic carbocycles. The maximum absolute atomic E-state index is 13.2. The first-order chi connectivity index (χ1) is 14.6. The van der Waals surface area contributed by atoms with Crippen LogP contribution in [0.15, 0.2) is 76.2 Å². The number of methoxy groups -OCH3 is 2. The van der Waals surface area contributed by atoms with Gasteiger partial charge in [0.1, 0.15) is 5.58 Å². The molecule has 0 spiro atoms. The van der Waals surface area contributed by atoms with Gasteiger partial charge in [-0.3, -0.25) is 9.78 Å². The van der Waals surface area contributed by atoms with Crippen molar-refractivity contribution in [1.29, 1.82) is 0 Å². The van der Waals surface area contributed by atoms with Crippen LogP contribution >= 0.6 is 0 Å². The molecule has 7 nitrogen and oxygen atoms in total. The third kappa shape index (κ3) is 3.48. The summed E-state index contributed by atoms with van der Waals surface area (Å²) in [6.07, 6.45) is 2.90. The van der Waals surface area contributed by atoms with Crippen LogP contribution in [0.4, 0.5) is 0 Å². The molecule has 150 valence electrons. The summed E-state index contributed by atoms with van der Waals surface area (Å²) < 4.78 is 22.1. The molecule has 0 bridgehead atoms. The second-order valence-corrected chi connectivity index (χ2v) is 6.29. The number of para-hydroxylation sites is 1. The Labute approximate surface area is 171 Å². The first kappa shape index (κ1) is 19.2. The summed E-state index contributed by atoms with van der Waals surface area (Å²) in [6.45, 7) is 0. The van der Waals surface area contributed by atoms with Gasteiger partial charge in [0.05, 0.1) is 25.2 Å². The summed E-state index contributed by atoms with van der Waals surface area (Å²) in [5, 5.41) is 0.302. The SMILES string of the molecule is COc1ccc(-c2oc3ccccc3c(=O)c2OC(=O)c2cccnc2)cc1OC. The zero-order valence-electron chi connectivity index (χ0n) is 16.2. The highest BCUT2D eigenvalue weighted by molar-refractivity contribution is 5.92. The molecule has 4 aromatic rings. The number of rotatable bonds is 5. The minimum atomic E-state index is -0.715. The maximum atomic E-state index is 13.2. The Morgan fingerprint density at radius 3 is 2.50 bits per heavy atom. The number of nitrogens with zero attached hydrogens (tertiary/aromatic N) is 1. The van der Waals surface area contributed by atoms with Crippen molar-refractivity contribution in [2.24, 2.45) is 0 Å². The first-order valence-electron chi connectivity index (χ1n) is 9.03. The van der Waals surface area contributed by atoms with Gasteiger partial charge in [-0.1, -0.05) is 12.1 Å². The van der Waals surface area contributed by atoms with Crippen LogP contribution in [0.3, 0.4) is 0 Å². The van der Waals surface area contributed by atoms with Crippen molar-refractivity contribution in [3.05, 3.63) is 82.8 Å². The molecule has 0 amide bonds. The molecular weight excluding hydrogens is 386 g/mol. The van der Waals surface area contributed by atoms with Crippen molar-refractivity contribution in [3.63, 3.8) is 0 Å². The van der Waals surface area contributed by atoms with Crippen LogP contribution in [0.2, 0.25) is 0 Å². The average molecular weight is 403 g/mol. The van der Waals surface area contributed by atoms with Crippen molar-refractivity contribution in [2.75, 3.05) is 14.2 Å². The van der Waals surface area contributed by atoms with Gasteiger partial charge in [0.25, 0.3) is 0 Å². The van der Waals surface area contributed by atoms with E-state index in [1.54, 1.807) is 54.6 Å². The highest BCUT2D eigenvalue weighted by Gasteiger charge is 2.22. The molecule has 2 aromatic heterocycles. The highest BCUT2D eigenvalue weighted by atomic mass is 16.5. The number of hydrogen-bond acceptors (Lipinski definition) is 7. The van der Waals surface area contributed by atoms with Gasteiger partial charge >= 0.3 is 5.97 Å². The molecule has 0 N–H and O–H groups in total. The third-order valence-corrected chi connectivity index (χ3v) is 4.49. The van der Waals surface area contributed by atoms with E-state index in [1.807, 2.05) is 0 Å². The number of benzene rings is 2. The minimum absolute atomic E-state index is 0.108.